The first-order valence-corrected chi connectivity index (χ1v) is 11.4. The lowest BCUT2D eigenvalue weighted by atomic mass is 9.97. The lowest BCUT2D eigenvalue weighted by molar-refractivity contribution is -0.149. The summed E-state index contributed by atoms with van der Waals surface area (Å²) in [5.74, 6) is -0.996. The molecule has 0 bridgehead atoms. The molecule has 0 aromatic carbocycles. The predicted octanol–water partition coefficient (Wildman–Crippen LogP) is 4.86. The molecule has 2 aromatic heterocycles. The highest BCUT2D eigenvalue weighted by molar-refractivity contribution is 5.91. The Morgan fingerprint density at radius 1 is 1.21 bits per heavy atom. The second-order valence-corrected chi connectivity index (χ2v) is 9.18. The van der Waals surface area contributed by atoms with Gasteiger partial charge in [0.25, 0.3) is 0 Å². The van der Waals surface area contributed by atoms with Crippen LogP contribution in [0.25, 0.3) is 5.52 Å². The lowest BCUT2D eigenvalue weighted by Gasteiger charge is -2.39. The van der Waals surface area contributed by atoms with Gasteiger partial charge in [-0.15, -0.1) is 0 Å². The highest BCUT2D eigenvalue weighted by Gasteiger charge is 2.34. The van der Waals surface area contributed by atoms with Gasteiger partial charge in [0.05, 0.1) is 29.7 Å². The van der Waals surface area contributed by atoms with Crippen molar-refractivity contribution in [1.82, 2.24) is 14.2 Å². The molecule has 1 saturated heterocycles. The van der Waals surface area contributed by atoms with Crippen molar-refractivity contribution >= 4 is 11.5 Å². The quantitative estimate of drug-likeness (QED) is 0.684. The maximum Gasteiger partial charge on any atom is 0.401 e. The van der Waals surface area contributed by atoms with Crippen molar-refractivity contribution in [2.75, 3.05) is 32.7 Å². The van der Waals surface area contributed by atoms with E-state index in [1.54, 1.807) is 13.0 Å². The molecule has 0 amide bonds. The van der Waals surface area contributed by atoms with Crippen LogP contribution in [0.4, 0.5) is 13.2 Å². The van der Waals surface area contributed by atoms with E-state index in [0.717, 1.165) is 29.6 Å². The number of aromatic carboxylic acids is 1. The van der Waals surface area contributed by atoms with Crippen molar-refractivity contribution in [2.24, 2.45) is 10.2 Å². The average molecular weight is 466 g/mol. The van der Waals surface area contributed by atoms with Crippen LogP contribution in [0, 0.1) is 6.92 Å². The Hall–Kier alpha value is -2.46. The molecule has 7 nitrogen and oxygen atoms in total. The molecule has 0 radical (unpaired) electrons. The van der Waals surface area contributed by atoms with Gasteiger partial charge in [-0.05, 0) is 51.3 Å². The zero-order chi connectivity index (χ0) is 23.9. The third kappa shape index (κ3) is 4.91. The summed E-state index contributed by atoms with van der Waals surface area (Å²) >= 11 is 0. The van der Waals surface area contributed by atoms with Gasteiger partial charge >= 0.3 is 12.1 Å². The SMILES string of the molecule is Cc1c(C(=O)O)cc2c(C3CCC(C)N=N3)ccn2c1C(C)N1CCN(CC(F)(F)F)CC1. The Bertz CT molecular complexity index is 1060. The average Bonchev–Trinajstić information content (AvgIpc) is 3.16. The number of hydrogen-bond donors (Lipinski definition) is 1. The van der Waals surface area contributed by atoms with E-state index in [9.17, 15) is 23.1 Å². The van der Waals surface area contributed by atoms with Crippen molar-refractivity contribution in [3.05, 3.63) is 40.7 Å². The first-order chi connectivity index (χ1) is 15.5. The number of carboxylic acid groups (broad SMARTS) is 1. The van der Waals surface area contributed by atoms with E-state index in [-0.39, 0.29) is 23.7 Å². The number of piperazine rings is 1. The van der Waals surface area contributed by atoms with Crippen LogP contribution >= 0.6 is 0 Å². The molecule has 4 rings (SSSR count). The summed E-state index contributed by atoms with van der Waals surface area (Å²) < 4.78 is 40.3. The van der Waals surface area contributed by atoms with Crippen LogP contribution in [0.1, 0.15) is 66.0 Å². The minimum Gasteiger partial charge on any atom is -0.478 e. The molecule has 3 atom stereocenters. The zero-order valence-corrected chi connectivity index (χ0v) is 19.1. The van der Waals surface area contributed by atoms with Crippen molar-refractivity contribution in [2.45, 2.75) is 57.9 Å². The molecule has 1 N–H and O–H groups in total. The second-order valence-electron chi connectivity index (χ2n) is 9.18. The number of fused-ring (bicyclic) bond motifs is 1. The molecule has 2 aliphatic rings. The van der Waals surface area contributed by atoms with Crippen LogP contribution in [-0.2, 0) is 0 Å². The summed E-state index contributed by atoms with van der Waals surface area (Å²) in [6, 6.07) is 3.62. The van der Waals surface area contributed by atoms with Gasteiger partial charge < -0.3 is 9.51 Å². The number of halogens is 3. The first kappa shape index (κ1) is 23.7. The molecule has 0 saturated carbocycles. The molecule has 2 aliphatic heterocycles. The molecule has 3 unspecified atom stereocenters. The number of azo groups is 1. The summed E-state index contributed by atoms with van der Waals surface area (Å²) in [6.45, 7) is 6.53. The first-order valence-electron chi connectivity index (χ1n) is 11.4. The Morgan fingerprint density at radius 3 is 2.48 bits per heavy atom. The lowest BCUT2D eigenvalue weighted by Crippen LogP contribution is -2.49. The number of rotatable bonds is 5. The minimum atomic E-state index is -4.21. The maximum absolute atomic E-state index is 12.8. The molecule has 33 heavy (non-hydrogen) atoms. The van der Waals surface area contributed by atoms with Crippen LogP contribution in [0.2, 0.25) is 0 Å². The highest BCUT2D eigenvalue weighted by Crippen LogP contribution is 2.36. The summed E-state index contributed by atoms with van der Waals surface area (Å²) in [5.41, 5.74) is 3.51. The Kier molecular flexibility index (Phi) is 6.50. The fourth-order valence-electron chi connectivity index (χ4n) is 5.07. The molecule has 4 heterocycles. The van der Waals surface area contributed by atoms with Gasteiger partial charge in [0.15, 0.2) is 0 Å². The predicted molar refractivity (Wildman–Crippen MR) is 118 cm³/mol. The van der Waals surface area contributed by atoms with Crippen LogP contribution in [0.3, 0.4) is 0 Å². The smallest absolute Gasteiger partial charge is 0.401 e. The molecule has 10 heteroatoms. The van der Waals surface area contributed by atoms with Crippen LogP contribution in [0.15, 0.2) is 28.6 Å². The van der Waals surface area contributed by atoms with Crippen molar-refractivity contribution in [1.29, 1.82) is 0 Å². The van der Waals surface area contributed by atoms with Crippen LogP contribution in [0.5, 0.6) is 0 Å². The van der Waals surface area contributed by atoms with Gasteiger partial charge in [0.1, 0.15) is 0 Å². The third-order valence-electron chi connectivity index (χ3n) is 6.89. The number of nitrogens with zero attached hydrogens (tertiary/aromatic N) is 5. The molecular formula is C23H30F3N5O2. The molecule has 180 valence electrons. The number of carbonyl (C=O) groups is 1. The fourth-order valence-corrected chi connectivity index (χ4v) is 5.07. The Balaban J connectivity index is 1.67. The van der Waals surface area contributed by atoms with E-state index in [1.807, 2.05) is 30.5 Å². The number of aromatic nitrogens is 1. The van der Waals surface area contributed by atoms with Gasteiger partial charge in [-0.1, -0.05) is 0 Å². The standard InChI is InChI=1S/C23H30F3N5O2/c1-14-4-5-19(28-27-14)17-6-7-31-20(17)12-18(22(32)33)15(2)21(31)16(3)30-10-8-29(9-11-30)13-23(24,25)26/h6-7,12,14,16,19H,4-5,8-11,13H2,1-3H3,(H,32,33). The second kappa shape index (κ2) is 9.06. The van der Waals surface area contributed by atoms with Gasteiger partial charge in [0.2, 0.25) is 0 Å². The topological polar surface area (TPSA) is 72.9 Å². The Morgan fingerprint density at radius 2 is 1.91 bits per heavy atom. The van der Waals surface area contributed by atoms with Crippen molar-refractivity contribution in [3.8, 4) is 0 Å². The largest absolute Gasteiger partial charge is 0.478 e. The van der Waals surface area contributed by atoms with E-state index in [2.05, 4.69) is 15.1 Å². The summed E-state index contributed by atoms with van der Waals surface area (Å²) in [5, 5.41) is 18.7. The van der Waals surface area contributed by atoms with Crippen molar-refractivity contribution in [3.63, 3.8) is 0 Å². The number of alkyl halides is 3. The fraction of sp³-hybridized carbons (Fsp3) is 0.609. The molecular weight excluding hydrogens is 435 g/mol. The molecule has 0 spiro atoms. The summed E-state index contributed by atoms with van der Waals surface area (Å²) in [4.78, 5) is 15.6. The van der Waals surface area contributed by atoms with Gasteiger partial charge in [-0.3, -0.25) is 9.80 Å². The maximum atomic E-state index is 12.8. The van der Waals surface area contributed by atoms with Crippen molar-refractivity contribution < 1.29 is 23.1 Å². The van der Waals surface area contributed by atoms with E-state index in [1.165, 1.54) is 4.90 Å². The van der Waals surface area contributed by atoms with Gasteiger partial charge in [-0.25, -0.2) is 4.79 Å². The van der Waals surface area contributed by atoms with Gasteiger partial charge in [-0.2, -0.15) is 23.4 Å². The number of hydrogen-bond acceptors (Lipinski definition) is 5. The summed E-state index contributed by atoms with van der Waals surface area (Å²) in [7, 11) is 0. The van der Waals surface area contributed by atoms with E-state index < -0.39 is 18.7 Å². The number of carboxylic acids is 1. The van der Waals surface area contributed by atoms with Crippen LogP contribution in [-0.4, -0.2) is 70.2 Å². The molecule has 1 fully saturated rings. The molecule has 0 aliphatic carbocycles. The van der Waals surface area contributed by atoms with Crippen LogP contribution < -0.4 is 0 Å². The minimum absolute atomic E-state index is 0.107. The van der Waals surface area contributed by atoms with Gasteiger partial charge in [0, 0.05) is 49.7 Å². The number of pyridine rings is 1. The Labute approximate surface area is 190 Å². The highest BCUT2D eigenvalue weighted by atomic mass is 19.4. The normalized spacial score (nSPS) is 23.8. The van der Waals surface area contributed by atoms with E-state index in [4.69, 9.17) is 0 Å². The summed E-state index contributed by atoms with van der Waals surface area (Å²) in [6.07, 6.45) is -0.480. The van der Waals surface area contributed by atoms with E-state index >= 15 is 0 Å². The monoisotopic (exact) mass is 465 g/mol. The third-order valence-corrected chi connectivity index (χ3v) is 6.89. The van der Waals surface area contributed by atoms with E-state index in [0.29, 0.717) is 31.7 Å². The molecule has 2 aromatic rings. The zero-order valence-electron chi connectivity index (χ0n) is 19.1.